The minimum atomic E-state index is -0.834. The van der Waals surface area contributed by atoms with E-state index in [1.165, 1.54) is 0 Å². The van der Waals surface area contributed by atoms with Crippen molar-refractivity contribution in [2.75, 3.05) is 0 Å². The van der Waals surface area contributed by atoms with Crippen LogP contribution in [0.3, 0.4) is 0 Å². The van der Waals surface area contributed by atoms with Crippen molar-refractivity contribution < 1.29 is 19.4 Å². The molecule has 1 aliphatic rings. The van der Waals surface area contributed by atoms with Gasteiger partial charge in [-0.3, -0.25) is 9.59 Å². The summed E-state index contributed by atoms with van der Waals surface area (Å²) in [6.45, 7) is 5.40. The number of hydrogen-bond donors (Lipinski definition) is 2. The van der Waals surface area contributed by atoms with Crippen molar-refractivity contribution in [3.05, 3.63) is 0 Å². The lowest BCUT2D eigenvalue weighted by atomic mass is 9.81. The van der Waals surface area contributed by atoms with Crippen LogP contribution in [0.1, 0.15) is 40.0 Å². The molecule has 0 bridgehead atoms. The van der Waals surface area contributed by atoms with Crippen molar-refractivity contribution in [3.8, 4) is 0 Å². The summed E-state index contributed by atoms with van der Waals surface area (Å²) in [7, 11) is 0. The molecule has 0 amide bonds. The van der Waals surface area contributed by atoms with Gasteiger partial charge in [-0.25, -0.2) is 0 Å². The third kappa shape index (κ3) is 4.22. The third-order valence-electron chi connectivity index (χ3n) is 2.87. The first-order valence-corrected chi connectivity index (χ1v) is 6.36. The highest BCUT2D eigenvalue weighted by atomic mass is 32.1. The van der Waals surface area contributed by atoms with E-state index in [0.717, 1.165) is 0 Å². The van der Waals surface area contributed by atoms with E-state index in [1.54, 1.807) is 20.8 Å². The van der Waals surface area contributed by atoms with E-state index in [9.17, 15) is 9.59 Å². The molecule has 1 fully saturated rings. The molecule has 1 rings (SSSR count). The Morgan fingerprint density at radius 2 is 1.88 bits per heavy atom. The fourth-order valence-corrected chi connectivity index (χ4v) is 2.40. The molecule has 1 aliphatic carbocycles. The standard InChI is InChI=1S/C12H20O4S/c1-12(2,3)16-11(15)8-6-7(10(13)14)4-5-9(8)17/h7-9,17H,4-6H2,1-3H3,(H,13,14). The molecule has 0 aromatic carbocycles. The molecule has 0 radical (unpaired) electrons. The zero-order valence-corrected chi connectivity index (χ0v) is 11.4. The van der Waals surface area contributed by atoms with Crippen LogP contribution in [0.15, 0.2) is 0 Å². The molecule has 0 aromatic heterocycles. The van der Waals surface area contributed by atoms with Crippen LogP contribution in [0.5, 0.6) is 0 Å². The van der Waals surface area contributed by atoms with E-state index >= 15 is 0 Å². The van der Waals surface area contributed by atoms with E-state index in [1.807, 2.05) is 0 Å². The summed E-state index contributed by atoms with van der Waals surface area (Å²) in [5.74, 6) is -2.02. The summed E-state index contributed by atoms with van der Waals surface area (Å²) in [5, 5.41) is 8.88. The summed E-state index contributed by atoms with van der Waals surface area (Å²) in [5.41, 5.74) is -0.541. The third-order valence-corrected chi connectivity index (χ3v) is 3.49. The SMILES string of the molecule is CC(C)(C)OC(=O)C1CC(C(=O)O)CCC1S. The van der Waals surface area contributed by atoms with Gasteiger partial charge in [-0.2, -0.15) is 12.6 Å². The maximum atomic E-state index is 11.9. The number of hydrogen-bond acceptors (Lipinski definition) is 4. The maximum Gasteiger partial charge on any atom is 0.310 e. The van der Waals surface area contributed by atoms with Gasteiger partial charge in [0.25, 0.3) is 0 Å². The first kappa shape index (κ1) is 14.4. The molecule has 4 nitrogen and oxygen atoms in total. The molecule has 0 spiro atoms. The smallest absolute Gasteiger partial charge is 0.310 e. The Hall–Kier alpha value is -0.710. The summed E-state index contributed by atoms with van der Waals surface area (Å²) in [6.07, 6.45) is 1.56. The normalized spacial score (nSPS) is 29.8. The Kier molecular flexibility index (Phi) is 4.47. The topological polar surface area (TPSA) is 63.6 Å². The Morgan fingerprint density at radius 1 is 1.29 bits per heavy atom. The molecule has 0 aliphatic heterocycles. The summed E-state index contributed by atoms with van der Waals surface area (Å²) < 4.78 is 5.29. The van der Waals surface area contributed by atoms with E-state index in [0.29, 0.717) is 19.3 Å². The van der Waals surface area contributed by atoms with Gasteiger partial charge in [0.1, 0.15) is 5.60 Å². The second kappa shape index (κ2) is 5.29. The van der Waals surface area contributed by atoms with Crippen LogP contribution in [0.2, 0.25) is 0 Å². The molecule has 98 valence electrons. The molecule has 17 heavy (non-hydrogen) atoms. The molecule has 0 saturated heterocycles. The molecule has 1 N–H and O–H groups in total. The van der Waals surface area contributed by atoms with Crippen LogP contribution >= 0.6 is 12.6 Å². The zero-order chi connectivity index (χ0) is 13.2. The maximum absolute atomic E-state index is 11.9. The summed E-state index contributed by atoms with van der Waals surface area (Å²) in [4.78, 5) is 22.9. The first-order valence-electron chi connectivity index (χ1n) is 5.84. The van der Waals surface area contributed by atoms with Crippen LogP contribution in [-0.4, -0.2) is 27.9 Å². The molecule has 0 aromatic rings. The lowest BCUT2D eigenvalue weighted by Gasteiger charge is -2.32. The Balaban J connectivity index is 2.67. The Bertz CT molecular complexity index is 308. The number of carbonyl (C=O) groups is 2. The molecule has 5 heteroatoms. The van der Waals surface area contributed by atoms with Crippen molar-refractivity contribution in [1.29, 1.82) is 0 Å². The predicted molar refractivity (Wildman–Crippen MR) is 67.1 cm³/mol. The van der Waals surface area contributed by atoms with E-state index < -0.39 is 23.4 Å². The second-order valence-corrected chi connectivity index (χ2v) is 6.22. The molecule has 0 heterocycles. The number of esters is 1. The van der Waals surface area contributed by atoms with Crippen molar-refractivity contribution in [1.82, 2.24) is 0 Å². The largest absolute Gasteiger partial charge is 0.481 e. The van der Waals surface area contributed by atoms with Gasteiger partial charge in [0, 0.05) is 5.25 Å². The van der Waals surface area contributed by atoms with Crippen LogP contribution < -0.4 is 0 Å². The molecular weight excluding hydrogens is 240 g/mol. The number of aliphatic carboxylic acids is 1. The fourth-order valence-electron chi connectivity index (χ4n) is 2.01. The highest BCUT2D eigenvalue weighted by molar-refractivity contribution is 7.81. The highest BCUT2D eigenvalue weighted by Gasteiger charge is 2.38. The highest BCUT2D eigenvalue weighted by Crippen LogP contribution is 2.34. The second-order valence-electron chi connectivity index (χ2n) is 5.56. The van der Waals surface area contributed by atoms with Gasteiger partial charge in [0.2, 0.25) is 0 Å². The summed E-state index contributed by atoms with van der Waals surface area (Å²) in [6, 6.07) is 0. The minimum Gasteiger partial charge on any atom is -0.481 e. The lowest BCUT2D eigenvalue weighted by molar-refractivity contribution is -0.162. The number of carboxylic acid groups (broad SMARTS) is 1. The van der Waals surface area contributed by atoms with E-state index in [4.69, 9.17) is 9.84 Å². The molecule has 3 atom stereocenters. The van der Waals surface area contributed by atoms with Crippen LogP contribution in [0.25, 0.3) is 0 Å². The van der Waals surface area contributed by atoms with E-state index in [-0.39, 0.29) is 11.2 Å². The van der Waals surface area contributed by atoms with Crippen molar-refractivity contribution in [3.63, 3.8) is 0 Å². The molecule has 3 unspecified atom stereocenters. The van der Waals surface area contributed by atoms with Crippen molar-refractivity contribution >= 4 is 24.6 Å². The van der Waals surface area contributed by atoms with Gasteiger partial charge in [-0.05, 0) is 40.0 Å². The summed E-state index contributed by atoms with van der Waals surface area (Å²) >= 11 is 4.36. The van der Waals surface area contributed by atoms with Gasteiger partial charge in [-0.15, -0.1) is 0 Å². The van der Waals surface area contributed by atoms with Crippen LogP contribution in [-0.2, 0) is 14.3 Å². The fraction of sp³-hybridized carbons (Fsp3) is 0.833. The molecule has 1 saturated carbocycles. The first-order chi connectivity index (χ1) is 7.70. The Morgan fingerprint density at radius 3 is 2.35 bits per heavy atom. The number of rotatable bonds is 2. The van der Waals surface area contributed by atoms with Crippen LogP contribution in [0, 0.1) is 11.8 Å². The van der Waals surface area contributed by atoms with Gasteiger partial charge in [-0.1, -0.05) is 0 Å². The van der Waals surface area contributed by atoms with Crippen molar-refractivity contribution in [2.24, 2.45) is 11.8 Å². The number of ether oxygens (including phenoxy) is 1. The Labute approximate surface area is 107 Å². The van der Waals surface area contributed by atoms with Gasteiger partial charge < -0.3 is 9.84 Å². The minimum absolute atomic E-state index is 0.0968. The number of carbonyl (C=O) groups excluding carboxylic acids is 1. The van der Waals surface area contributed by atoms with Crippen molar-refractivity contribution in [2.45, 2.75) is 50.9 Å². The quantitative estimate of drug-likeness (QED) is 0.589. The average molecular weight is 260 g/mol. The predicted octanol–water partition coefficient (Wildman–Crippen LogP) is 2.13. The van der Waals surface area contributed by atoms with E-state index in [2.05, 4.69) is 12.6 Å². The zero-order valence-electron chi connectivity index (χ0n) is 10.5. The van der Waals surface area contributed by atoms with Gasteiger partial charge in [0.15, 0.2) is 0 Å². The van der Waals surface area contributed by atoms with Crippen LogP contribution in [0.4, 0.5) is 0 Å². The molecular formula is C12H20O4S. The average Bonchev–Trinajstić information content (AvgIpc) is 2.14. The number of thiol groups is 1. The lowest BCUT2D eigenvalue weighted by Crippen LogP contribution is -2.38. The number of carboxylic acids is 1. The monoisotopic (exact) mass is 260 g/mol. The van der Waals surface area contributed by atoms with Gasteiger partial charge >= 0.3 is 11.9 Å². The van der Waals surface area contributed by atoms with Gasteiger partial charge in [0.05, 0.1) is 11.8 Å².